The predicted molar refractivity (Wildman–Crippen MR) is 71.3 cm³/mol. The summed E-state index contributed by atoms with van der Waals surface area (Å²) in [5, 5.41) is 0. The second kappa shape index (κ2) is 5.79. The van der Waals surface area contributed by atoms with Crippen LogP contribution in [-0.2, 0) is 6.54 Å². The number of carbonyl (C=O) groups excluding carboxylic acids is 1. The van der Waals surface area contributed by atoms with Crippen LogP contribution in [0.3, 0.4) is 0 Å². The molecule has 0 saturated carbocycles. The zero-order chi connectivity index (χ0) is 14.0. The molecule has 8 heteroatoms. The molecule has 0 fully saturated rings. The van der Waals surface area contributed by atoms with Crippen LogP contribution >= 0.6 is 27.3 Å². The van der Waals surface area contributed by atoms with E-state index in [1.165, 1.54) is 28.6 Å². The number of thiophene rings is 1. The van der Waals surface area contributed by atoms with E-state index in [4.69, 9.17) is 0 Å². The van der Waals surface area contributed by atoms with Crippen molar-refractivity contribution in [2.45, 2.75) is 13.1 Å². The normalized spacial score (nSPS) is 11.0. The molecule has 0 N–H and O–H groups in total. The maximum atomic E-state index is 12.7. The zero-order valence-corrected chi connectivity index (χ0v) is 12.3. The summed E-state index contributed by atoms with van der Waals surface area (Å²) >= 11 is 4.57. The summed E-state index contributed by atoms with van der Waals surface area (Å²) < 4.78 is 26.9. The Morgan fingerprint density at radius 2 is 2.32 bits per heavy atom. The lowest BCUT2D eigenvalue weighted by atomic mass is 10.4. The third-order valence-electron chi connectivity index (χ3n) is 2.47. The van der Waals surface area contributed by atoms with Crippen molar-refractivity contribution < 1.29 is 13.6 Å². The summed E-state index contributed by atoms with van der Waals surface area (Å²) in [6, 6.07) is 3.46. The Morgan fingerprint density at radius 1 is 1.58 bits per heavy atom. The van der Waals surface area contributed by atoms with Gasteiger partial charge in [0, 0.05) is 19.4 Å². The fourth-order valence-electron chi connectivity index (χ4n) is 1.55. The standard InChI is InChI=1S/C11H10BrF2N3OS/c1-16(10(18)7-2-3-8(12)19-7)6-9-15-4-5-17(9)11(13)14/h2-5,11H,6H2,1H3. The first kappa shape index (κ1) is 14.1. The number of hydrogen-bond acceptors (Lipinski definition) is 3. The van der Waals surface area contributed by atoms with Gasteiger partial charge in [-0.15, -0.1) is 11.3 Å². The summed E-state index contributed by atoms with van der Waals surface area (Å²) in [7, 11) is 1.56. The average molecular weight is 350 g/mol. The molecule has 1 amide bonds. The summed E-state index contributed by atoms with van der Waals surface area (Å²) in [4.78, 5) is 17.8. The van der Waals surface area contributed by atoms with E-state index in [0.717, 1.165) is 8.35 Å². The number of alkyl halides is 2. The second-order valence-electron chi connectivity index (χ2n) is 3.79. The van der Waals surface area contributed by atoms with Gasteiger partial charge in [-0.05, 0) is 28.1 Å². The van der Waals surface area contributed by atoms with Crippen molar-refractivity contribution in [2.75, 3.05) is 7.05 Å². The predicted octanol–water partition coefficient (Wildman–Crippen LogP) is 3.37. The Labute approximate surface area is 120 Å². The third kappa shape index (κ3) is 3.19. The van der Waals surface area contributed by atoms with E-state index in [9.17, 15) is 13.6 Å². The van der Waals surface area contributed by atoms with Gasteiger partial charge in [0.25, 0.3) is 5.91 Å². The highest BCUT2D eigenvalue weighted by Crippen LogP contribution is 2.23. The van der Waals surface area contributed by atoms with Gasteiger partial charge in [-0.25, -0.2) is 4.98 Å². The number of imidazole rings is 1. The van der Waals surface area contributed by atoms with Crippen LogP contribution in [0.15, 0.2) is 28.3 Å². The first-order chi connectivity index (χ1) is 8.99. The molecule has 0 unspecified atom stereocenters. The van der Waals surface area contributed by atoms with Crippen LogP contribution in [0.1, 0.15) is 22.0 Å². The minimum atomic E-state index is -2.66. The van der Waals surface area contributed by atoms with Crippen LogP contribution in [0.25, 0.3) is 0 Å². The highest BCUT2D eigenvalue weighted by Gasteiger charge is 2.18. The minimum absolute atomic E-state index is 0.0334. The molecular formula is C11H10BrF2N3OS. The van der Waals surface area contributed by atoms with Crippen LogP contribution in [0.2, 0.25) is 0 Å². The van der Waals surface area contributed by atoms with Crippen molar-refractivity contribution in [3.05, 3.63) is 39.0 Å². The highest BCUT2D eigenvalue weighted by molar-refractivity contribution is 9.11. The summed E-state index contributed by atoms with van der Waals surface area (Å²) in [6.45, 7) is -2.62. The van der Waals surface area contributed by atoms with Gasteiger partial charge in [-0.3, -0.25) is 9.36 Å². The van der Waals surface area contributed by atoms with E-state index in [2.05, 4.69) is 20.9 Å². The molecule has 0 aliphatic carbocycles. The van der Waals surface area contributed by atoms with Crippen molar-refractivity contribution in [1.82, 2.24) is 14.5 Å². The van der Waals surface area contributed by atoms with E-state index in [0.29, 0.717) is 4.88 Å². The molecule has 2 rings (SSSR count). The molecule has 2 heterocycles. The highest BCUT2D eigenvalue weighted by atomic mass is 79.9. The molecule has 0 aliphatic rings. The number of aromatic nitrogens is 2. The molecule has 4 nitrogen and oxygen atoms in total. The Hall–Kier alpha value is -1.28. The summed E-state index contributed by atoms with van der Waals surface area (Å²) in [6.07, 6.45) is 2.49. The number of amides is 1. The smallest absolute Gasteiger partial charge is 0.319 e. The number of nitrogens with zero attached hydrogens (tertiary/aromatic N) is 3. The SMILES string of the molecule is CN(Cc1nccn1C(F)F)C(=O)c1ccc(Br)s1. The van der Waals surface area contributed by atoms with Crippen molar-refractivity contribution in [2.24, 2.45) is 0 Å². The monoisotopic (exact) mass is 349 g/mol. The van der Waals surface area contributed by atoms with E-state index in [1.54, 1.807) is 19.2 Å². The lowest BCUT2D eigenvalue weighted by Crippen LogP contribution is -2.27. The summed E-state index contributed by atoms with van der Waals surface area (Å²) in [5.41, 5.74) is 0. The number of carbonyl (C=O) groups is 1. The fourth-order valence-corrected chi connectivity index (χ4v) is 2.93. The third-order valence-corrected chi connectivity index (χ3v) is 4.08. The lowest BCUT2D eigenvalue weighted by molar-refractivity contribution is 0.0613. The molecule has 0 radical (unpaired) electrons. The maximum Gasteiger partial charge on any atom is 0.319 e. The number of rotatable bonds is 4. The molecule has 2 aromatic rings. The Bertz CT molecular complexity index is 584. The first-order valence-electron chi connectivity index (χ1n) is 5.29. The maximum absolute atomic E-state index is 12.7. The van der Waals surface area contributed by atoms with Gasteiger partial charge < -0.3 is 4.90 Å². The summed E-state index contributed by atoms with van der Waals surface area (Å²) in [5.74, 6) is -0.0685. The Morgan fingerprint density at radius 3 is 2.89 bits per heavy atom. The van der Waals surface area contributed by atoms with Crippen LogP contribution in [0.4, 0.5) is 8.78 Å². The Balaban J connectivity index is 2.10. The Kier molecular flexibility index (Phi) is 4.31. The van der Waals surface area contributed by atoms with E-state index in [-0.39, 0.29) is 18.3 Å². The van der Waals surface area contributed by atoms with Gasteiger partial charge in [0.2, 0.25) is 0 Å². The first-order valence-corrected chi connectivity index (χ1v) is 6.90. The molecule has 0 aliphatic heterocycles. The van der Waals surface area contributed by atoms with Crippen molar-refractivity contribution >= 4 is 33.2 Å². The second-order valence-corrected chi connectivity index (χ2v) is 6.26. The number of hydrogen-bond donors (Lipinski definition) is 0. The van der Waals surface area contributed by atoms with E-state index >= 15 is 0 Å². The largest absolute Gasteiger partial charge is 0.334 e. The average Bonchev–Trinajstić information content (AvgIpc) is 2.97. The minimum Gasteiger partial charge on any atom is -0.334 e. The van der Waals surface area contributed by atoms with Gasteiger partial charge in [0.1, 0.15) is 5.82 Å². The molecule has 0 spiro atoms. The van der Waals surface area contributed by atoms with Crippen LogP contribution in [0.5, 0.6) is 0 Å². The van der Waals surface area contributed by atoms with Crippen molar-refractivity contribution in [3.8, 4) is 0 Å². The molecule has 0 atom stereocenters. The molecular weight excluding hydrogens is 340 g/mol. The van der Waals surface area contributed by atoms with Crippen LogP contribution in [0, 0.1) is 0 Å². The van der Waals surface area contributed by atoms with Crippen molar-refractivity contribution in [1.29, 1.82) is 0 Å². The molecule has 0 aromatic carbocycles. The van der Waals surface area contributed by atoms with E-state index < -0.39 is 6.55 Å². The molecule has 102 valence electrons. The molecule has 19 heavy (non-hydrogen) atoms. The topological polar surface area (TPSA) is 38.1 Å². The van der Waals surface area contributed by atoms with Gasteiger partial charge >= 0.3 is 6.55 Å². The molecule has 0 bridgehead atoms. The van der Waals surface area contributed by atoms with Crippen LogP contribution < -0.4 is 0 Å². The zero-order valence-electron chi connectivity index (χ0n) is 9.89. The molecule has 0 saturated heterocycles. The van der Waals surface area contributed by atoms with Gasteiger partial charge in [-0.1, -0.05) is 0 Å². The van der Waals surface area contributed by atoms with Crippen LogP contribution in [-0.4, -0.2) is 27.4 Å². The lowest BCUT2D eigenvalue weighted by Gasteiger charge is -2.16. The van der Waals surface area contributed by atoms with Gasteiger partial charge in [-0.2, -0.15) is 8.78 Å². The molecule has 2 aromatic heterocycles. The van der Waals surface area contributed by atoms with Gasteiger partial charge in [0.05, 0.1) is 15.2 Å². The van der Waals surface area contributed by atoms with E-state index in [1.807, 2.05) is 0 Å². The number of halogens is 3. The quantitative estimate of drug-likeness (QED) is 0.848. The van der Waals surface area contributed by atoms with Gasteiger partial charge in [0.15, 0.2) is 0 Å². The van der Waals surface area contributed by atoms with Crippen molar-refractivity contribution in [3.63, 3.8) is 0 Å². The fraction of sp³-hybridized carbons (Fsp3) is 0.273.